The Morgan fingerprint density at radius 3 is 2.74 bits per heavy atom. The molecule has 2 aliphatic rings. The second kappa shape index (κ2) is 6.23. The van der Waals surface area contributed by atoms with Crippen molar-refractivity contribution in [2.45, 2.75) is 38.1 Å². The number of halogens is 1. The van der Waals surface area contributed by atoms with E-state index in [4.69, 9.17) is 0 Å². The zero-order valence-corrected chi connectivity index (χ0v) is 13.9. The van der Waals surface area contributed by atoms with Crippen LogP contribution in [0.25, 0.3) is 0 Å². The standard InChI is InChI=1S/C20H25FN2/c1-14(2)20-11-15(3)23(20)16(4)22-10-6-8-18(13-22)17-7-5-9-19(21)12-17/h5,7,9,12,18,20H,1,3-4,6,8,10-11,13H2,2H3/t18?,20-/m0/s1. The van der Waals surface area contributed by atoms with Crippen LogP contribution in [0, 0.1) is 5.82 Å². The van der Waals surface area contributed by atoms with E-state index in [1.807, 2.05) is 6.07 Å². The molecule has 0 radical (unpaired) electrons. The summed E-state index contributed by atoms with van der Waals surface area (Å²) in [5.41, 5.74) is 3.34. The Morgan fingerprint density at radius 2 is 2.09 bits per heavy atom. The fourth-order valence-electron chi connectivity index (χ4n) is 3.67. The molecule has 2 heterocycles. The van der Waals surface area contributed by atoms with Gasteiger partial charge in [-0.15, -0.1) is 0 Å². The van der Waals surface area contributed by atoms with Crippen molar-refractivity contribution in [1.82, 2.24) is 9.80 Å². The first-order valence-electron chi connectivity index (χ1n) is 8.29. The van der Waals surface area contributed by atoms with Gasteiger partial charge in [0.2, 0.25) is 0 Å². The van der Waals surface area contributed by atoms with Crippen LogP contribution < -0.4 is 0 Å². The van der Waals surface area contributed by atoms with Crippen molar-refractivity contribution in [2.75, 3.05) is 13.1 Å². The van der Waals surface area contributed by atoms with Gasteiger partial charge in [-0.2, -0.15) is 0 Å². The summed E-state index contributed by atoms with van der Waals surface area (Å²) in [6, 6.07) is 7.32. The molecule has 0 aromatic heterocycles. The molecule has 2 atom stereocenters. The molecular formula is C20H25FN2. The molecule has 3 heteroatoms. The highest BCUT2D eigenvalue weighted by Gasteiger charge is 2.36. The topological polar surface area (TPSA) is 6.48 Å². The summed E-state index contributed by atoms with van der Waals surface area (Å²) in [6.45, 7) is 16.4. The number of benzene rings is 1. The SMILES string of the molecule is C=C(C)[C@@H]1CC(=C)N1C(=C)N1CCCC(c2cccc(F)c2)C1. The van der Waals surface area contributed by atoms with Gasteiger partial charge in [-0.25, -0.2) is 4.39 Å². The number of piperidine rings is 1. The van der Waals surface area contributed by atoms with Gasteiger partial charge in [0.1, 0.15) is 11.6 Å². The monoisotopic (exact) mass is 312 g/mol. The Kier molecular flexibility index (Phi) is 4.29. The molecular weight excluding hydrogens is 287 g/mol. The third kappa shape index (κ3) is 3.05. The third-order valence-electron chi connectivity index (χ3n) is 5.03. The summed E-state index contributed by atoms with van der Waals surface area (Å²) in [7, 11) is 0. The molecule has 1 aromatic rings. The minimum absolute atomic E-state index is 0.156. The lowest BCUT2D eigenvalue weighted by Gasteiger charge is -2.50. The number of hydrogen-bond donors (Lipinski definition) is 0. The first-order valence-corrected chi connectivity index (χ1v) is 8.29. The van der Waals surface area contributed by atoms with Crippen LogP contribution in [0.15, 0.2) is 61.1 Å². The summed E-state index contributed by atoms with van der Waals surface area (Å²) in [6.07, 6.45) is 3.16. The van der Waals surface area contributed by atoms with Crippen LogP contribution in [0.3, 0.4) is 0 Å². The second-order valence-corrected chi connectivity index (χ2v) is 6.76. The fraction of sp³-hybridized carbons (Fsp3) is 0.400. The maximum Gasteiger partial charge on any atom is 0.123 e. The van der Waals surface area contributed by atoms with Gasteiger partial charge in [0.05, 0.1) is 6.04 Å². The molecule has 0 amide bonds. The zero-order valence-electron chi connectivity index (χ0n) is 13.9. The molecule has 0 N–H and O–H groups in total. The highest BCUT2D eigenvalue weighted by Crippen LogP contribution is 2.38. The third-order valence-corrected chi connectivity index (χ3v) is 5.03. The molecule has 2 aliphatic heterocycles. The number of nitrogens with zero attached hydrogens (tertiary/aromatic N) is 2. The Labute approximate surface area is 138 Å². The highest BCUT2D eigenvalue weighted by atomic mass is 19.1. The van der Waals surface area contributed by atoms with E-state index in [0.29, 0.717) is 12.0 Å². The van der Waals surface area contributed by atoms with Crippen molar-refractivity contribution in [3.63, 3.8) is 0 Å². The summed E-state index contributed by atoms with van der Waals surface area (Å²) < 4.78 is 13.5. The average Bonchev–Trinajstić information content (AvgIpc) is 2.52. The highest BCUT2D eigenvalue weighted by molar-refractivity contribution is 5.28. The van der Waals surface area contributed by atoms with Crippen LogP contribution in [0.2, 0.25) is 0 Å². The largest absolute Gasteiger partial charge is 0.358 e. The van der Waals surface area contributed by atoms with Crippen molar-refractivity contribution < 1.29 is 4.39 Å². The molecule has 0 saturated carbocycles. The van der Waals surface area contributed by atoms with Crippen molar-refractivity contribution in [3.8, 4) is 0 Å². The van der Waals surface area contributed by atoms with Crippen molar-refractivity contribution in [3.05, 3.63) is 72.5 Å². The van der Waals surface area contributed by atoms with Crippen LogP contribution in [0.4, 0.5) is 4.39 Å². The lowest BCUT2D eigenvalue weighted by atomic mass is 9.89. The van der Waals surface area contributed by atoms with Gasteiger partial charge in [0.25, 0.3) is 0 Å². The molecule has 2 saturated heterocycles. The smallest absolute Gasteiger partial charge is 0.123 e. The van der Waals surface area contributed by atoms with Crippen molar-refractivity contribution >= 4 is 0 Å². The lowest BCUT2D eigenvalue weighted by molar-refractivity contribution is 0.137. The number of likely N-dealkylation sites (tertiary alicyclic amines) is 2. The van der Waals surface area contributed by atoms with E-state index >= 15 is 0 Å². The summed E-state index contributed by atoms with van der Waals surface area (Å²) >= 11 is 0. The van der Waals surface area contributed by atoms with Crippen LogP contribution in [-0.4, -0.2) is 28.9 Å². The Hall–Kier alpha value is -2.03. The number of rotatable bonds is 4. The van der Waals surface area contributed by atoms with Gasteiger partial charge in [-0.1, -0.05) is 37.4 Å². The second-order valence-electron chi connectivity index (χ2n) is 6.76. The molecule has 2 fully saturated rings. The van der Waals surface area contributed by atoms with E-state index in [1.54, 1.807) is 12.1 Å². The predicted octanol–water partition coefficient (Wildman–Crippen LogP) is 4.64. The lowest BCUT2D eigenvalue weighted by Crippen LogP contribution is -2.50. The number of hydrogen-bond acceptors (Lipinski definition) is 2. The maximum atomic E-state index is 13.5. The van der Waals surface area contributed by atoms with Crippen molar-refractivity contribution in [1.29, 1.82) is 0 Å². The normalized spacial score (nSPS) is 24.3. The van der Waals surface area contributed by atoms with Crippen molar-refractivity contribution in [2.24, 2.45) is 0 Å². The summed E-state index contributed by atoms with van der Waals surface area (Å²) in [4.78, 5) is 4.52. The quantitative estimate of drug-likeness (QED) is 0.747. The first-order chi connectivity index (χ1) is 11.0. The minimum Gasteiger partial charge on any atom is -0.358 e. The molecule has 122 valence electrons. The van der Waals surface area contributed by atoms with Crippen LogP contribution in [0.5, 0.6) is 0 Å². The molecule has 0 bridgehead atoms. The van der Waals surface area contributed by atoms with Gasteiger partial charge < -0.3 is 9.80 Å². The van der Waals surface area contributed by atoms with Crippen LogP contribution in [-0.2, 0) is 0 Å². The van der Waals surface area contributed by atoms with Crippen LogP contribution >= 0.6 is 0 Å². The van der Waals surface area contributed by atoms with E-state index in [-0.39, 0.29) is 5.82 Å². The summed E-state index contributed by atoms with van der Waals surface area (Å²) in [5.74, 6) is 1.21. The molecule has 2 nitrogen and oxygen atoms in total. The van der Waals surface area contributed by atoms with E-state index in [2.05, 4.69) is 36.5 Å². The van der Waals surface area contributed by atoms with E-state index in [1.165, 1.54) is 6.07 Å². The minimum atomic E-state index is -0.156. The van der Waals surface area contributed by atoms with Gasteiger partial charge >= 0.3 is 0 Å². The molecule has 0 aliphatic carbocycles. The van der Waals surface area contributed by atoms with Gasteiger partial charge in [0, 0.05) is 31.1 Å². The molecule has 3 rings (SSSR count). The maximum absolute atomic E-state index is 13.5. The van der Waals surface area contributed by atoms with Crippen LogP contribution in [0.1, 0.15) is 37.7 Å². The molecule has 1 aromatic carbocycles. The average molecular weight is 312 g/mol. The Bertz CT molecular complexity index is 649. The predicted molar refractivity (Wildman–Crippen MR) is 93.3 cm³/mol. The Balaban J connectivity index is 1.72. The van der Waals surface area contributed by atoms with Gasteiger partial charge in [0.15, 0.2) is 0 Å². The van der Waals surface area contributed by atoms with E-state index < -0.39 is 0 Å². The summed E-state index contributed by atoms with van der Waals surface area (Å²) in [5, 5.41) is 0. The fourth-order valence-corrected chi connectivity index (χ4v) is 3.67. The molecule has 1 unspecified atom stereocenters. The first kappa shape index (κ1) is 15.9. The zero-order chi connectivity index (χ0) is 16.6. The molecule has 0 spiro atoms. The van der Waals surface area contributed by atoms with E-state index in [0.717, 1.165) is 55.0 Å². The Morgan fingerprint density at radius 1 is 1.30 bits per heavy atom. The van der Waals surface area contributed by atoms with Gasteiger partial charge in [-0.3, -0.25) is 0 Å². The van der Waals surface area contributed by atoms with E-state index in [9.17, 15) is 4.39 Å². The molecule has 23 heavy (non-hydrogen) atoms. The van der Waals surface area contributed by atoms with Gasteiger partial charge in [-0.05, 0) is 37.5 Å².